The van der Waals surface area contributed by atoms with Crippen molar-refractivity contribution in [1.29, 1.82) is 0 Å². The number of rotatable bonds is 18. The minimum absolute atomic E-state index is 0.00109. The number of carboxylic acids is 1. The fourth-order valence-electron chi connectivity index (χ4n) is 4.41. The van der Waals surface area contributed by atoms with Gasteiger partial charge in [-0.15, -0.1) is 0 Å². The standard InChI is InChI=1S/C28H43N7O6/c1-3-16(2)24(28(40)41)35-26(38)21(10-6-7-13-29)33-27(39)22(34-25(37)19(30)11-12-23(31)36)14-17-15-32-20-9-5-4-8-18(17)20/h4-5,8-9,15-16,19,21-22,24,32H,3,6-7,10-14,29-30H2,1-2H3,(H2,31,36)(H,33,39)(H,34,37)(H,35,38)(H,40,41). The highest BCUT2D eigenvalue weighted by atomic mass is 16.4. The van der Waals surface area contributed by atoms with Gasteiger partial charge in [-0.2, -0.15) is 0 Å². The molecule has 0 aliphatic carbocycles. The van der Waals surface area contributed by atoms with E-state index in [0.29, 0.717) is 25.8 Å². The Balaban J connectivity index is 2.30. The third-order valence-electron chi connectivity index (χ3n) is 7.13. The van der Waals surface area contributed by atoms with Crippen molar-refractivity contribution in [3.05, 3.63) is 36.0 Å². The number of aromatic nitrogens is 1. The third-order valence-corrected chi connectivity index (χ3v) is 7.13. The molecule has 0 saturated carbocycles. The first kappa shape index (κ1) is 33.2. The number of aliphatic carboxylic acids is 1. The number of fused-ring (bicyclic) bond motifs is 1. The molecule has 0 spiro atoms. The van der Waals surface area contributed by atoms with Gasteiger partial charge in [-0.1, -0.05) is 38.5 Å². The van der Waals surface area contributed by atoms with Crippen LogP contribution in [-0.4, -0.2) is 70.4 Å². The topological polar surface area (TPSA) is 236 Å². The second kappa shape index (κ2) is 16.3. The van der Waals surface area contributed by atoms with Crippen molar-refractivity contribution in [2.45, 2.75) is 83.0 Å². The molecule has 2 rings (SSSR count). The normalized spacial score (nSPS) is 14.8. The average Bonchev–Trinajstić information content (AvgIpc) is 3.35. The summed E-state index contributed by atoms with van der Waals surface area (Å²) in [5.41, 5.74) is 18.3. The Morgan fingerprint density at radius 2 is 1.61 bits per heavy atom. The molecule has 226 valence electrons. The monoisotopic (exact) mass is 573 g/mol. The molecule has 13 heteroatoms. The van der Waals surface area contributed by atoms with Crippen molar-refractivity contribution in [1.82, 2.24) is 20.9 Å². The molecule has 11 N–H and O–H groups in total. The zero-order chi connectivity index (χ0) is 30.5. The number of amides is 4. The first-order valence-corrected chi connectivity index (χ1v) is 13.9. The molecule has 0 radical (unpaired) electrons. The van der Waals surface area contributed by atoms with E-state index in [1.807, 2.05) is 31.2 Å². The molecule has 4 amide bonds. The van der Waals surface area contributed by atoms with Gasteiger partial charge < -0.3 is 43.2 Å². The molecule has 1 aromatic heterocycles. The molecule has 1 heterocycles. The highest BCUT2D eigenvalue weighted by molar-refractivity contribution is 5.95. The molecule has 0 aliphatic heterocycles. The van der Waals surface area contributed by atoms with E-state index in [4.69, 9.17) is 17.2 Å². The summed E-state index contributed by atoms with van der Waals surface area (Å²) in [4.78, 5) is 65.8. The molecular weight excluding hydrogens is 530 g/mol. The Labute approximate surface area is 239 Å². The van der Waals surface area contributed by atoms with Crippen LogP contribution in [0.2, 0.25) is 0 Å². The Bertz CT molecular complexity index is 1200. The van der Waals surface area contributed by atoms with Crippen molar-refractivity contribution in [3.63, 3.8) is 0 Å². The number of nitrogens with two attached hydrogens (primary N) is 3. The van der Waals surface area contributed by atoms with Crippen molar-refractivity contribution in [2.24, 2.45) is 23.1 Å². The van der Waals surface area contributed by atoms with Crippen LogP contribution < -0.4 is 33.2 Å². The van der Waals surface area contributed by atoms with Crippen molar-refractivity contribution < 1.29 is 29.1 Å². The minimum Gasteiger partial charge on any atom is -0.480 e. The van der Waals surface area contributed by atoms with Gasteiger partial charge in [0.05, 0.1) is 6.04 Å². The number of aromatic amines is 1. The lowest BCUT2D eigenvalue weighted by Gasteiger charge is -2.26. The van der Waals surface area contributed by atoms with Crippen LogP contribution in [0.25, 0.3) is 10.9 Å². The van der Waals surface area contributed by atoms with E-state index in [1.54, 1.807) is 13.1 Å². The van der Waals surface area contributed by atoms with Gasteiger partial charge in [0, 0.05) is 29.9 Å². The number of H-pyrrole nitrogens is 1. The fourth-order valence-corrected chi connectivity index (χ4v) is 4.41. The minimum atomic E-state index is -1.17. The predicted molar refractivity (Wildman–Crippen MR) is 154 cm³/mol. The van der Waals surface area contributed by atoms with E-state index >= 15 is 0 Å². The quantitative estimate of drug-likeness (QED) is 0.113. The molecule has 1 aromatic carbocycles. The van der Waals surface area contributed by atoms with E-state index in [9.17, 15) is 29.1 Å². The van der Waals surface area contributed by atoms with Gasteiger partial charge in [0.25, 0.3) is 0 Å². The van der Waals surface area contributed by atoms with Gasteiger partial charge in [0.2, 0.25) is 23.6 Å². The van der Waals surface area contributed by atoms with E-state index in [1.165, 1.54) is 0 Å². The van der Waals surface area contributed by atoms with Crippen molar-refractivity contribution >= 4 is 40.5 Å². The van der Waals surface area contributed by atoms with Gasteiger partial charge in [0.15, 0.2) is 0 Å². The van der Waals surface area contributed by atoms with Crippen LogP contribution in [0.3, 0.4) is 0 Å². The van der Waals surface area contributed by atoms with Gasteiger partial charge in [-0.3, -0.25) is 19.2 Å². The number of hydrogen-bond acceptors (Lipinski definition) is 7. The van der Waals surface area contributed by atoms with Crippen LogP contribution >= 0.6 is 0 Å². The van der Waals surface area contributed by atoms with Crippen LogP contribution in [0.1, 0.15) is 57.9 Å². The third kappa shape index (κ3) is 10.2. The number of carbonyl (C=O) groups excluding carboxylic acids is 4. The summed E-state index contributed by atoms with van der Waals surface area (Å²) in [5.74, 6) is -4.06. The van der Waals surface area contributed by atoms with Gasteiger partial charge >= 0.3 is 5.97 Å². The summed E-state index contributed by atoms with van der Waals surface area (Å²) in [6.07, 6.45) is 3.55. The summed E-state index contributed by atoms with van der Waals surface area (Å²) >= 11 is 0. The van der Waals surface area contributed by atoms with E-state index in [-0.39, 0.29) is 31.6 Å². The Morgan fingerprint density at radius 1 is 0.951 bits per heavy atom. The maximum atomic E-state index is 13.6. The van der Waals surface area contributed by atoms with E-state index in [0.717, 1.165) is 16.5 Å². The molecule has 0 saturated heterocycles. The molecule has 5 atom stereocenters. The molecule has 5 unspecified atom stereocenters. The summed E-state index contributed by atoms with van der Waals surface area (Å²) in [5, 5.41) is 18.4. The van der Waals surface area contributed by atoms with Crippen LogP contribution in [-0.2, 0) is 30.4 Å². The second-order valence-electron chi connectivity index (χ2n) is 10.3. The summed E-state index contributed by atoms with van der Waals surface area (Å²) in [7, 11) is 0. The van der Waals surface area contributed by atoms with Gasteiger partial charge in [-0.25, -0.2) is 4.79 Å². The Hall–Kier alpha value is -3.97. The van der Waals surface area contributed by atoms with Gasteiger partial charge in [-0.05, 0) is 49.8 Å². The van der Waals surface area contributed by atoms with Crippen LogP contribution in [0.4, 0.5) is 0 Å². The molecule has 0 bridgehead atoms. The Morgan fingerprint density at radius 3 is 2.24 bits per heavy atom. The average molecular weight is 574 g/mol. The largest absolute Gasteiger partial charge is 0.480 e. The fraction of sp³-hybridized carbons (Fsp3) is 0.536. The molecule has 41 heavy (non-hydrogen) atoms. The maximum Gasteiger partial charge on any atom is 0.326 e. The number of para-hydroxylation sites is 1. The zero-order valence-corrected chi connectivity index (χ0v) is 23.7. The first-order chi connectivity index (χ1) is 19.5. The molecular formula is C28H43N7O6. The van der Waals surface area contributed by atoms with Crippen LogP contribution in [0, 0.1) is 5.92 Å². The van der Waals surface area contributed by atoms with Gasteiger partial charge in [0.1, 0.15) is 18.1 Å². The first-order valence-electron chi connectivity index (χ1n) is 13.9. The Kier molecular flexibility index (Phi) is 13.2. The van der Waals surface area contributed by atoms with E-state index < -0.39 is 53.8 Å². The summed E-state index contributed by atoms with van der Waals surface area (Å²) in [6.45, 7) is 3.92. The number of carbonyl (C=O) groups is 5. The second-order valence-corrected chi connectivity index (χ2v) is 10.3. The van der Waals surface area contributed by atoms with Crippen molar-refractivity contribution in [3.8, 4) is 0 Å². The zero-order valence-electron chi connectivity index (χ0n) is 23.7. The molecule has 13 nitrogen and oxygen atoms in total. The number of hydrogen-bond donors (Lipinski definition) is 8. The summed E-state index contributed by atoms with van der Waals surface area (Å²) in [6, 6.07) is 3.05. The maximum absolute atomic E-state index is 13.6. The molecule has 0 fully saturated rings. The lowest BCUT2D eigenvalue weighted by Crippen LogP contribution is -2.58. The highest BCUT2D eigenvalue weighted by Gasteiger charge is 2.32. The van der Waals surface area contributed by atoms with Crippen molar-refractivity contribution in [2.75, 3.05) is 6.54 Å². The lowest BCUT2D eigenvalue weighted by atomic mass is 9.98. The number of primary amides is 1. The predicted octanol–water partition coefficient (Wildman–Crippen LogP) is 0.0173. The number of carboxylic acid groups (broad SMARTS) is 1. The number of nitrogens with one attached hydrogen (secondary N) is 4. The molecule has 0 aliphatic rings. The SMILES string of the molecule is CCC(C)C(NC(=O)C(CCCCN)NC(=O)C(Cc1c[nH]c2ccccc12)NC(=O)C(N)CCC(N)=O)C(=O)O. The number of unbranched alkanes of at least 4 members (excludes halogenated alkanes) is 1. The smallest absolute Gasteiger partial charge is 0.326 e. The van der Waals surface area contributed by atoms with Crippen LogP contribution in [0.15, 0.2) is 30.5 Å². The molecule has 2 aromatic rings. The summed E-state index contributed by atoms with van der Waals surface area (Å²) < 4.78 is 0. The lowest BCUT2D eigenvalue weighted by molar-refractivity contribution is -0.144. The van der Waals surface area contributed by atoms with E-state index in [2.05, 4.69) is 20.9 Å². The van der Waals surface area contributed by atoms with Crippen LogP contribution in [0.5, 0.6) is 0 Å². The highest BCUT2D eigenvalue weighted by Crippen LogP contribution is 2.19. The number of benzene rings is 1.